The Balaban J connectivity index is 1.94. The lowest BCUT2D eigenvalue weighted by molar-refractivity contribution is -0.153. The standard InChI is InChI=1S/C17H30N2O4/c1-3-17(7-5-4-6-8-17)16(22)19-9-10-23-14(12-19)11-18(2)13-15(20)21/h14H,3-13H2,1-2H3,(H,20,21). The van der Waals surface area contributed by atoms with Crippen molar-refractivity contribution >= 4 is 11.9 Å². The van der Waals surface area contributed by atoms with Crippen LogP contribution in [0.15, 0.2) is 0 Å². The van der Waals surface area contributed by atoms with Crippen LogP contribution in [0.5, 0.6) is 0 Å². The summed E-state index contributed by atoms with van der Waals surface area (Å²) in [7, 11) is 1.77. The fourth-order valence-corrected chi connectivity index (χ4v) is 3.94. The van der Waals surface area contributed by atoms with Gasteiger partial charge in [-0.2, -0.15) is 0 Å². The van der Waals surface area contributed by atoms with E-state index in [9.17, 15) is 9.59 Å². The highest BCUT2D eigenvalue weighted by molar-refractivity contribution is 5.83. The number of hydrogen-bond acceptors (Lipinski definition) is 4. The molecule has 1 N–H and O–H groups in total. The van der Waals surface area contributed by atoms with Crippen molar-refractivity contribution in [2.24, 2.45) is 5.41 Å². The van der Waals surface area contributed by atoms with Crippen LogP contribution >= 0.6 is 0 Å². The number of ether oxygens (including phenoxy) is 1. The van der Waals surface area contributed by atoms with E-state index in [1.807, 2.05) is 4.90 Å². The molecular formula is C17H30N2O4. The Morgan fingerprint density at radius 1 is 1.30 bits per heavy atom. The molecule has 1 saturated carbocycles. The normalized spacial score (nSPS) is 24.7. The van der Waals surface area contributed by atoms with E-state index >= 15 is 0 Å². The third-order valence-electron chi connectivity index (χ3n) is 5.29. The Labute approximate surface area is 138 Å². The van der Waals surface area contributed by atoms with E-state index in [1.165, 1.54) is 6.42 Å². The molecule has 132 valence electrons. The summed E-state index contributed by atoms with van der Waals surface area (Å²) < 4.78 is 5.74. The summed E-state index contributed by atoms with van der Waals surface area (Å²) in [4.78, 5) is 27.5. The Bertz CT molecular complexity index is 421. The van der Waals surface area contributed by atoms with Crippen LogP contribution in [0.2, 0.25) is 0 Å². The molecule has 0 bridgehead atoms. The van der Waals surface area contributed by atoms with Gasteiger partial charge in [0.1, 0.15) is 0 Å². The van der Waals surface area contributed by atoms with Crippen LogP contribution in [-0.4, -0.2) is 72.7 Å². The van der Waals surface area contributed by atoms with Crippen LogP contribution < -0.4 is 0 Å². The van der Waals surface area contributed by atoms with E-state index in [1.54, 1.807) is 11.9 Å². The van der Waals surface area contributed by atoms with E-state index in [0.29, 0.717) is 26.2 Å². The summed E-state index contributed by atoms with van der Waals surface area (Å²) in [5.74, 6) is -0.558. The molecule has 0 aromatic heterocycles. The average molecular weight is 326 g/mol. The summed E-state index contributed by atoms with van der Waals surface area (Å²) in [6, 6.07) is 0. The van der Waals surface area contributed by atoms with Crippen molar-refractivity contribution in [1.82, 2.24) is 9.80 Å². The molecule has 6 nitrogen and oxygen atoms in total. The molecule has 2 rings (SSSR count). The van der Waals surface area contributed by atoms with Gasteiger partial charge in [0.05, 0.1) is 19.3 Å². The second-order valence-corrected chi connectivity index (χ2v) is 7.03. The van der Waals surface area contributed by atoms with Crippen molar-refractivity contribution in [1.29, 1.82) is 0 Å². The van der Waals surface area contributed by atoms with E-state index in [-0.39, 0.29) is 24.0 Å². The Kier molecular flexibility index (Phi) is 6.41. The summed E-state index contributed by atoms with van der Waals surface area (Å²) in [5, 5.41) is 8.84. The predicted molar refractivity (Wildman–Crippen MR) is 87.3 cm³/mol. The first kappa shape index (κ1) is 18.2. The van der Waals surface area contributed by atoms with Crippen LogP contribution in [0, 0.1) is 5.41 Å². The average Bonchev–Trinajstić information content (AvgIpc) is 2.54. The highest BCUT2D eigenvalue weighted by Gasteiger charge is 2.41. The maximum atomic E-state index is 13.1. The number of carbonyl (C=O) groups excluding carboxylic acids is 1. The van der Waals surface area contributed by atoms with E-state index < -0.39 is 5.97 Å². The number of carbonyl (C=O) groups is 2. The third-order valence-corrected chi connectivity index (χ3v) is 5.29. The highest BCUT2D eigenvalue weighted by atomic mass is 16.5. The third kappa shape index (κ3) is 4.67. The Hall–Kier alpha value is -1.14. The van der Waals surface area contributed by atoms with Gasteiger partial charge in [-0.25, -0.2) is 0 Å². The minimum atomic E-state index is -0.844. The van der Waals surface area contributed by atoms with Crippen molar-refractivity contribution in [3.8, 4) is 0 Å². The predicted octanol–water partition coefficient (Wildman–Crippen LogP) is 1.59. The first-order valence-electron chi connectivity index (χ1n) is 8.78. The number of likely N-dealkylation sites (N-methyl/N-ethyl adjacent to an activating group) is 1. The number of nitrogens with zero attached hydrogens (tertiary/aromatic N) is 2. The molecule has 2 aliphatic rings. The van der Waals surface area contributed by atoms with Crippen LogP contribution in [0.4, 0.5) is 0 Å². The van der Waals surface area contributed by atoms with Crippen LogP contribution in [0.25, 0.3) is 0 Å². The minimum Gasteiger partial charge on any atom is -0.480 e. The molecule has 1 aliphatic heterocycles. The zero-order chi connectivity index (χ0) is 16.9. The van der Waals surface area contributed by atoms with Crippen molar-refractivity contribution in [3.63, 3.8) is 0 Å². The Morgan fingerprint density at radius 2 is 2.00 bits per heavy atom. The lowest BCUT2D eigenvalue weighted by Gasteiger charge is -2.42. The molecule has 0 aromatic rings. The molecule has 0 spiro atoms. The molecule has 1 atom stereocenters. The number of morpholine rings is 1. The van der Waals surface area contributed by atoms with Crippen LogP contribution in [-0.2, 0) is 14.3 Å². The molecule has 1 heterocycles. The van der Waals surface area contributed by atoms with Gasteiger partial charge in [-0.1, -0.05) is 26.2 Å². The van der Waals surface area contributed by atoms with E-state index in [4.69, 9.17) is 9.84 Å². The number of carboxylic acid groups (broad SMARTS) is 1. The van der Waals surface area contributed by atoms with Crippen molar-refractivity contribution in [2.45, 2.75) is 51.6 Å². The number of hydrogen-bond donors (Lipinski definition) is 1. The van der Waals surface area contributed by atoms with Gasteiger partial charge in [0.15, 0.2) is 0 Å². The molecule has 2 fully saturated rings. The van der Waals surface area contributed by atoms with Crippen molar-refractivity contribution in [2.75, 3.05) is 39.8 Å². The SMILES string of the molecule is CCC1(C(=O)N2CCOC(CN(C)CC(=O)O)C2)CCCCC1. The molecule has 1 aliphatic carbocycles. The van der Waals surface area contributed by atoms with Gasteiger partial charge in [0.25, 0.3) is 0 Å². The maximum Gasteiger partial charge on any atom is 0.317 e. The monoisotopic (exact) mass is 326 g/mol. The molecule has 6 heteroatoms. The van der Waals surface area contributed by atoms with Gasteiger partial charge in [0.2, 0.25) is 5.91 Å². The topological polar surface area (TPSA) is 70.1 Å². The molecule has 23 heavy (non-hydrogen) atoms. The van der Waals surface area contributed by atoms with Gasteiger partial charge in [0, 0.05) is 25.0 Å². The van der Waals surface area contributed by atoms with E-state index in [2.05, 4.69) is 6.92 Å². The quantitative estimate of drug-likeness (QED) is 0.803. The van der Waals surface area contributed by atoms with E-state index in [0.717, 1.165) is 32.1 Å². The number of amides is 1. The Morgan fingerprint density at radius 3 is 2.61 bits per heavy atom. The van der Waals surface area contributed by atoms with Crippen molar-refractivity contribution in [3.05, 3.63) is 0 Å². The maximum absolute atomic E-state index is 13.1. The first-order valence-corrected chi connectivity index (χ1v) is 8.78. The van der Waals surface area contributed by atoms with Gasteiger partial charge in [-0.15, -0.1) is 0 Å². The molecule has 0 radical (unpaired) electrons. The van der Waals surface area contributed by atoms with Gasteiger partial charge < -0.3 is 14.7 Å². The largest absolute Gasteiger partial charge is 0.480 e. The molecule has 1 unspecified atom stereocenters. The zero-order valence-corrected chi connectivity index (χ0v) is 14.4. The van der Waals surface area contributed by atoms with Crippen molar-refractivity contribution < 1.29 is 19.4 Å². The minimum absolute atomic E-state index is 0.00724. The fourth-order valence-electron chi connectivity index (χ4n) is 3.94. The van der Waals surface area contributed by atoms with Crippen LogP contribution in [0.3, 0.4) is 0 Å². The lowest BCUT2D eigenvalue weighted by Crippen LogP contribution is -2.54. The highest BCUT2D eigenvalue weighted by Crippen LogP contribution is 2.41. The van der Waals surface area contributed by atoms with Gasteiger partial charge in [-0.3, -0.25) is 14.5 Å². The molecule has 1 amide bonds. The zero-order valence-electron chi connectivity index (χ0n) is 14.4. The second-order valence-electron chi connectivity index (χ2n) is 7.03. The molecule has 1 saturated heterocycles. The fraction of sp³-hybridized carbons (Fsp3) is 0.882. The first-order chi connectivity index (χ1) is 11.0. The summed E-state index contributed by atoms with van der Waals surface area (Å²) in [5.41, 5.74) is -0.174. The second kappa shape index (κ2) is 8.11. The molecular weight excluding hydrogens is 296 g/mol. The summed E-state index contributed by atoms with van der Waals surface area (Å²) in [6.45, 7) is 4.42. The summed E-state index contributed by atoms with van der Waals surface area (Å²) >= 11 is 0. The number of rotatable bonds is 6. The van der Waals surface area contributed by atoms with Gasteiger partial charge in [-0.05, 0) is 26.3 Å². The van der Waals surface area contributed by atoms with Crippen LogP contribution in [0.1, 0.15) is 45.4 Å². The lowest BCUT2D eigenvalue weighted by atomic mass is 9.71. The summed E-state index contributed by atoms with van der Waals surface area (Å²) in [6.07, 6.45) is 6.35. The van der Waals surface area contributed by atoms with Gasteiger partial charge >= 0.3 is 5.97 Å². The number of aliphatic carboxylic acids is 1. The smallest absolute Gasteiger partial charge is 0.317 e. The molecule has 0 aromatic carbocycles. The number of carboxylic acids is 1.